The van der Waals surface area contributed by atoms with Gasteiger partial charge in [0.1, 0.15) is 17.2 Å². The molecule has 3 aromatic rings. The fourth-order valence-electron chi connectivity index (χ4n) is 2.01. The summed E-state index contributed by atoms with van der Waals surface area (Å²) in [5.74, 6) is -0.0420. The predicted molar refractivity (Wildman–Crippen MR) is 89.4 cm³/mol. The van der Waals surface area contributed by atoms with Gasteiger partial charge in [0.15, 0.2) is 5.82 Å². The van der Waals surface area contributed by atoms with Gasteiger partial charge in [-0.05, 0) is 24.3 Å². The van der Waals surface area contributed by atoms with Crippen molar-refractivity contribution >= 4 is 23.2 Å². The van der Waals surface area contributed by atoms with Gasteiger partial charge in [-0.15, -0.1) is 0 Å². The summed E-state index contributed by atoms with van der Waals surface area (Å²) in [6.07, 6.45) is -5.82. The van der Waals surface area contributed by atoms with E-state index in [0.717, 1.165) is 12.1 Å². The molecule has 0 unspecified atom stereocenters. The highest BCUT2D eigenvalue weighted by atomic mass is 35.5. The molecule has 11 heteroatoms. The Hall–Kier alpha value is -3.01. The zero-order valence-electron chi connectivity index (χ0n) is 13.3. The van der Waals surface area contributed by atoms with Gasteiger partial charge in [0.25, 0.3) is 0 Å². The summed E-state index contributed by atoms with van der Waals surface area (Å²) < 4.78 is 54.6. The van der Waals surface area contributed by atoms with Crippen molar-refractivity contribution in [2.24, 2.45) is 0 Å². The lowest BCUT2D eigenvalue weighted by molar-refractivity contribution is -0.253. The molecule has 3 rings (SSSR count). The number of benzene rings is 1. The van der Waals surface area contributed by atoms with E-state index < -0.39 is 18.3 Å². The normalized spacial score (nSPS) is 11.5. The van der Waals surface area contributed by atoms with Crippen LogP contribution < -0.4 is 10.1 Å². The molecular weight excluding hydrogens is 390 g/mol. The number of ether oxygens (including phenoxy) is 1. The SMILES string of the molecule is FC(F)C(F)(F)Oc1cccc(Nc2ncnc(-c3ccnc(Cl)c3)n2)c1. The number of halogens is 5. The summed E-state index contributed by atoms with van der Waals surface area (Å²) >= 11 is 5.83. The molecule has 0 aliphatic rings. The van der Waals surface area contributed by atoms with Gasteiger partial charge in [0.2, 0.25) is 5.95 Å². The third-order valence-electron chi connectivity index (χ3n) is 3.15. The smallest absolute Gasteiger partial charge is 0.428 e. The summed E-state index contributed by atoms with van der Waals surface area (Å²) in [7, 11) is 0. The van der Waals surface area contributed by atoms with Crippen LogP contribution in [-0.4, -0.2) is 32.5 Å². The van der Waals surface area contributed by atoms with Gasteiger partial charge in [-0.25, -0.2) is 15.0 Å². The van der Waals surface area contributed by atoms with Crippen LogP contribution in [0.5, 0.6) is 5.75 Å². The molecule has 6 nitrogen and oxygen atoms in total. The average Bonchev–Trinajstić information content (AvgIpc) is 2.62. The predicted octanol–water partition coefficient (Wildman–Crippen LogP) is 4.57. The van der Waals surface area contributed by atoms with Crippen molar-refractivity contribution in [2.45, 2.75) is 12.5 Å². The maximum absolute atomic E-state index is 13.0. The minimum absolute atomic E-state index is 0.103. The number of alkyl halides is 4. The molecule has 0 spiro atoms. The lowest BCUT2D eigenvalue weighted by Gasteiger charge is -2.17. The average molecular weight is 400 g/mol. The minimum Gasteiger partial charge on any atom is -0.428 e. The largest absolute Gasteiger partial charge is 0.461 e. The summed E-state index contributed by atoms with van der Waals surface area (Å²) in [5.41, 5.74) is 0.844. The lowest BCUT2D eigenvalue weighted by Crippen LogP contribution is -2.33. The maximum Gasteiger partial charge on any atom is 0.461 e. The highest BCUT2D eigenvalue weighted by molar-refractivity contribution is 6.29. The second kappa shape index (κ2) is 7.70. The monoisotopic (exact) mass is 399 g/mol. The fourth-order valence-corrected chi connectivity index (χ4v) is 2.18. The van der Waals surface area contributed by atoms with E-state index in [1.54, 1.807) is 12.1 Å². The molecule has 0 radical (unpaired) electrons. The van der Waals surface area contributed by atoms with E-state index in [-0.39, 0.29) is 16.8 Å². The third-order valence-corrected chi connectivity index (χ3v) is 3.36. The first-order valence-electron chi connectivity index (χ1n) is 7.36. The molecular formula is C16H10ClF4N5O. The topological polar surface area (TPSA) is 72.8 Å². The number of anilines is 2. The Bertz CT molecular complexity index is 944. The van der Waals surface area contributed by atoms with Gasteiger partial charge in [-0.1, -0.05) is 17.7 Å². The maximum atomic E-state index is 13.0. The molecule has 0 bridgehead atoms. The van der Waals surface area contributed by atoms with Gasteiger partial charge in [0, 0.05) is 23.5 Å². The molecule has 27 heavy (non-hydrogen) atoms. The zero-order valence-corrected chi connectivity index (χ0v) is 14.0. The molecule has 140 valence electrons. The van der Waals surface area contributed by atoms with Gasteiger partial charge in [-0.3, -0.25) is 0 Å². The van der Waals surface area contributed by atoms with E-state index in [0.29, 0.717) is 11.4 Å². The Morgan fingerprint density at radius 3 is 2.63 bits per heavy atom. The van der Waals surface area contributed by atoms with Crippen molar-refractivity contribution in [1.82, 2.24) is 19.9 Å². The fraction of sp³-hybridized carbons (Fsp3) is 0.125. The molecule has 0 fully saturated rings. The van der Waals surface area contributed by atoms with Crippen LogP contribution in [0.4, 0.5) is 29.2 Å². The van der Waals surface area contributed by atoms with E-state index in [1.807, 2.05) is 0 Å². The Kier molecular flexibility index (Phi) is 5.36. The van der Waals surface area contributed by atoms with Crippen LogP contribution in [-0.2, 0) is 0 Å². The molecule has 1 aromatic carbocycles. The second-order valence-corrected chi connectivity index (χ2v) is 5.50. The number of nitrogens with zero attached hydrogens (tertiary/aromatic N) is 4. The minimum atomic E-state index is -4.60. The summed E-state index contributed by atoms with van der Waals surface area (Å²) in [6.45, 7) is 0. The van der Waals surface area contributed by atoms with Crippen molar-refractivity contribution in [2.75, 3.05) is 5.32 Å². The van der Waals surface area contributed by atoms with Crippen molar-refractivity contribution in [1.29, 1.82) is 0 Å². The molecule has 0 atom stereocenters. The molecule has 0 saturated heterocycles. The summed E-state index contributed by atoms with van der Waals surface area (Å²) in [5, 5.41) is 3.02. The standard InChI is InChI=1S/C16H10ClF4N5O/c17-12-6-9(4-5-22-12)13-23-8-24-15(26-13)25-10-2-1-3-11(7-10)27-16(20,21)14(18)19/h1-8,14H,(H,23,24,25,26). The van der Waals surface area contributed by atoms with E-state index in [2.05, 4.69) is 30.0 Å². The van der Waals surface area contributed by atoms with Crippen LogP contribution >= 0.6 is 11.6 Å². The van der Waals surface area contributed by atoms with Crippen LogP contribution in [0.1, 0.15) is 0 Å². The van der Waals surface area contributed by atoms with Gasteiger partial charge >= 0.3 is 12.5 Å². The Balaban J connectivity index is 1.80. The first-order valence-corrected chi connectivity index (χ1v) is 7.74. The van der Waals surface area contributed by atoms with Gasteiger partial charge in [-0.2, -0.15) is 22.5 Å². The molecule has 0 aliphatic carbocycles. The van der Waals surface area contributed by atoms with Gasteiger partial charge in [0.05, 0.1) is 0 Å². The molecule has 0 saturated carbocycles. The van der Waals surface area contributed by atoms with Crippen LogP contribution in [0.3, 0.4) is 0 Å². The first kappa shape index (κ1) is 18.8. The van der Waals surface area contributed by atoms with Crippen molar-refractivity contribution < 1.29 is 22.3 Å². The number of aromatic nitrogens is 4. The number of hydrogen-bond donors (Lipinski definition) is 1. The van der Waals surface area contributed by atoms with Crippen LogP contribution in [0.15, 0.2) is 48.9 Å². The van der Waals surface area contributed by atoms with Crippen LogP contribution in [0.25, 0.3) is 11.4 Å². The first-order chi connectivity index (χ1) is 12.8. The Morgan fingerprint density at radius 1 is 1.07 bits per heavy atom. The summed E-state index contributed by atoms with van der Waals surface area (Å²) in [6, 6.07) is 8.29. The second-order valence-electron chi connectivity index (χ2n) is 5.12. The molecule has 0 aliphatic heterocycles. The van der Waals surface area contributed by atoms with Gasteiger partial charge < -0.3 is 10.1 Å². The molecule has 2 heterocycles. The highest BCUT2D eigenvalue weighted by Gasteiger charge is 2.43. The Labute approximate surface area is 155 Å². The Morgan fingerprint density at radius 2 is 1.89 bits per heavy atom. The zero-order chi connectivity index (χ0) is 19.4. The number of nitrogens with one attached hydrogen (secondary N) is 1. The molecule has 0 amide bonds. The third kappa shape index (κ3) is 4.79. The van der Waals surface area contributed by atoms with E-state index in [4.69, 9.17) is 11.6 Å². The van der Waals surface area contributed by atoms with Crippen molar-refractivity contribution in [3.63, 3.8) is 0 Å². The summed E-state index contributed by atoms with van der Waals surface area (Å²) in [4.78, 5) is 16.0. The quantitative estimate of drug-likeness (QED) is 0.483. The van der Waals surface area contributed by atoms with Crippen LogP contribution in [0.2, 0.25) is 5.15 Å². The molecule has 2 aromatic heterocycles. The van der Waals surface area contributed by atoms with E-state index >= 15 is 0 Å². The lowest BCUT2D eigenvalue weighted by atomic mass is 10.2. The number of hydrogen-bond acceptors (Lipinski definition) is 6. The van der Waals surface area contributed by atoms with Crippen LogP contribution in [0, 0.1) is 0 Å². The van der Waals surface area contributed by atoms with E-state index in [1.165, 1.54) is 24.7 Å². The number of rotatable bonds is 6. The van der Waals surface area contributed by atoms with E-state index in [9.17, 15) is 17.6 Å². The highest BCUT2D eigenvalue weighted by Crippen LogP contribution is 2.29. The van der Waals surface area contributed by atoms with Crippen molar-refractivity contribution in [3.8, 4) is 17.1 Å². The van der Waals surface area contributed by atoms with Crippen molar-refractivity contribution in [3.05, 3.63) is 54.1 Å². The number of pyridine rings is 1. The molecule has 1 N–H and O–H groups in total.